The minimum absolute atomic E-state index is 0.0500. The second-order valence-corrected chi connectivity index (χ2v) is 6.30. The van der Waals surface area contributed by atoms with Crippen LogP contribution in [0.1, 0.15) is 22.8 Å². The molecule has 2 N–H and O–H groups in total. The molecule has 0 radical (unpaired) electrons. The van der Waals surface area contributed by atoms with Crippen molar-refractivity contribution in [2.24, 2.45) is 0 Å². The summed E-state index contributed by atoms with van der Waals surface area (Å²) in [5, 5.41) is 8.77. The number of nitrogens with zero attached hydrogens (tertiary/aromatic N) is 1. The molecule has 98 valence electrons. The minimum atomic E-state index is -3.20. The number of aromatic carboxylic acids is 1. The SMILES string of the molecule is O=C(O)c1cn([C@@H]2CCS(=O)(=O)C2)c(=O)[nH]c1=O. The van der Waals surface area contributed by atoms with E-state index in [9.17, 15) is 22.8 Å². The lowest BCUT2D eigenvalue weighted by atomic mass is 10.2. The van der Waals surface area contributed by atoms with Gasteiger partial charge in [-0.2, -0.15) is 0 Å². The third-order valence-electron chi connectivity index (χ3n) is 2.80. The maximum atomic E-state index is 11.5. The lowest BCUT2D eigenvalue weighted by Gasteiger charge is -2.11. The summed E-state index contributed by atoms with van der Waals surface area (Å²) >= 11 is 0. The Morgan fingerprint density at radius 2 is 2.11 bits per heavy atom. The number of aromatic amines is 1. The quantitative estimate of drug-likeness (QED) is 0.682. The monoisotopic (exact) mass is 274 g/mol. The van der Waals surface area contributed by atoms with E-state index in [2.05, 4.69) is 0 Å². The van der Waals surface area contributed by atoms with Crippen LogP contribution in [0.15, 0.2) is 15.8 Å². The van der Waals surface area contributed by atoms with Gasteiger partial charge >= 0.3 is 11.7 Å². The van der Waals surface area contributed by atoms with E-state index in [-0.39, 0.29) is 17.9 Å². The van der Waals surface area contributed by atoms with Crippen LogP contribution < -0.4 is 11.2 Å². The number of aromatic nitrogens is 2. The third kappa shape index (κ3) is 2.21. The van der Waals surface area contributed by atoms with E-state index < -0.39 is 38.7 Å². The highest BCUT2D eigenvalue weighted by atomic mass is 32.2. The summed E-state index contributed by atoms with van der Waals surface area (Å²) < 4.78 is 23.6. The number of nitrogens with one attached hydrogen (secondary N) is 1. The molecule has 0 saturated carbocycles. The average molecular weight is 274 g/mol. The van der Waals surface area contributed by atoms with Gasteiger partial charge in [0.15, 0.2) is 9.84 Å². The van der Waals surface area contributed by atoms with Crippen molar-refractivity contribution in [3.05, 3.63) is 32.6 Å². The van der Waals surface area contributed by atoms with Gasteiger partial charge < -0.3 is 5.11 Å². The summed E-state index contributed by atoms with van der Waals surface area (Å²) in [4.78, 5) is 35.4. The van der Waals surface area contributed by atoms with Gasteiger partial charge in [-0.3, -0.25) is 14.3 Å². The second kappa shape index (κ2) is 4.09. The summed E-state index contributed by atoms with van der Waals surface area (Å²) in [6.07, 6.45) is 1.13. The number of rotatable bonds is 2. The van der Waals surface area contributed by atoms with E-state index in [1.165, 1.54) is 0 Å². The summed E-state index contributed by atoms with van der Waals surface area (Å²) in [6.45, 7) is 0. The van der Waals surface area contributed by atoms with Crippen LogP contribution in [-0.2, 0) is 9.84 Å². The van der Waals surface area contributed by atoms with Gasteiger partial charge in [0.05, 0.1) is 17.5 Å². The van der Waals surface area contributed by atoms with Gasteiger partial charge in [-0.25, -0.2) is 18.0 Å². The minimum Gasteiger partial charge on any atom is -0.477 e. The zero-order valence-electron chi connectivity index (χ0n) is 9.12. The summed E-state index contributed by atoms with van der Waals surface area (Å²) in [5.74, 6) is -1.74. The van der Waals surface area contributed by atoms with E-state index in [0.717, 1.165) is 10.8 Å². The van der Waals surface area contributed by atoms with Crippen molar-refractivity contribution in [2.45, 2.75) is 12.5 Å². The van der Waals surface area contributed by atoms with E-state index >= 15 is 0 Å². The fourth-order valence-electron chi connectivity index (χ4n) is 1.90. The lowest BCUT2D eigenvalue weighted by molar-refractivity contribution is 0.0693. The Bertz CT molecular complexity index is 713. The molecule has 9 heteroatoms. The van der Waals surface area contributed by atoms with Gasteiger partial charge in [-0.1, -0.05) is 0 Å². The van der Waals surface area contributed by atoms with Gasteiger partial charge in [0.25, 0.3) is 5.56 Å². The van der Waals surface area contributed by atoms with Gasteiger partial charge in [-0.05, 0) is 6.42 Å². The number of hydrogen-bond acceptors (Lipinski definition) is 5. The van der Waals surface area contributed by atoms with Gasteiger partial charge in [0.2, 0.25) is 0 Å². The normalized spacial score (nSPS) is 21.9. The predicted molar refractivity (Wildman–Crippen MR) is 60.6 cm³/mol. The maximum absolute atomic E-state index is 11.5. The Balaban J connectivity index is 2.53. The highest BCUT2D eigenvalue weighted by Gasteiger charge is 2.30. The lowest BCUT2D eigenvalue weighted by Crippen LogP contribution is -2.35. The molecule has 2 rings (SSSR count). The molecule has 8 nitrogen and oxygen atoms in total. The first-order valence-corrected chi connectivity index (χ1v) is 6.91. The van der Waals surface area contributed by atoms with Crippen molar-refractivity contribution in [3.8, 4) is 0 Å². The van der Waals surface area contributed by atoms with Crippen molar-refractivity contribution < 1.29 is 18.3 Å². The fourth-order valence-corrected chi connectivity index (χ4v) is 3.62. The molecule has 18 heavy (non-hydrogen) atoms. The average Bonchev–Trinajstić information content (AvgIpc) is 2.58. The molecule has 0 amide bonds. The Morgan fingerprint density at radius 1 is 1.44 bits per heavy atom. The van der Waals surface area contributed by atoms with E-state index in [1.807, 2.05) is 4.98 Å². The first-order valence-electron chi connectivity index (χ1n) is 5.09. The zero-order chi connectivity index (χ0) is 13.5. The van der Waals surface area contributed by atoms with Crippen LogP contribution in [0.2, 0.25) is 0 Å². The summed E-state index contributed by atoms with van der Waals surface area (Å²) in [7, 11) is -3.20. The molecular weight excluding hydrogens is 264 g/mol. The smallest absolute Gasteiger partial charge is 0.342 e. The van der Waals surface area contributed by atoms with Gasteiger partial charge in [0.1, 0.15) is 5.56 Å². The van der Waals surface area contributed by atoms with Crippen LogP contribution >= 0.6 is 0 Å². The Kier molecular flexibility index (Phi) is 2.85. The Morgan fingerprint density at radius 3 is 2.61 bits per heavy atom. The molecule has 1 aromatic heterocycles. The topological polar surface area (TPSA) is 126 Å². The molecule has 0 aromatic carbocycles. The molecule has 0 spiro atoms. The van der Waals surface area contributed by atoms with Crippen LogP contribution in [0, 0.1) is 0 Å². The van der Waals surface area contributed by atoms with Crippen molar-refractivity contribution in [1.29, 1.82) is 0 Å². The molecule has 2 heterocycles. The number of carboxylic acid groups (broad SMARTS) is 1. The van der Waals surface area contributed by atoms with E-state index in [1.54, 1.807) is 0 Å². The van der Waals surface area contributed by atoms with Gasteiger partial charge in [-0.15, -0.1) is 0 Å². The first kappa shape index (κ1) is 12.6. The van der Waals surface area contributed by atoms with Crippen molar-refractivity contribution in [2.75, 3.05) is 11.5 Å². The number of carbonyl (C=O) groups is 1. The molecule has 1 atom stereocenters. The van der Waals surface area contributed by atoms with Crippen molar-refractivity contribution in [1.82, 2.24) is 9.55 Å². The number of sulfone groups is 1. The molecule has 1 aliphatic heterocycles. The molecule has 1 fully saturated rings. The molecule has 1 aliphatic rings. The highest BCUT2D eigenvalue weighted by molar-refractivity contribution is 7.91. The standard InChI is InChI=1S/C9H10N2O6S/c12-7-6(8(13)14)3-11(9(15)10-7)5-1-2-18(16,17)4-5/h3,5H,1-2,4H2,(H,13,14)(H,10,12,15)/t5-/m1/s1. The van der Waals surface area contributed by atoms with Crippen molar-refractivity contribution >= 4 is 15.8 Å². The van der Waals surface area contributed by atoms with Crippen molar-refractivity contribution in [3.63, 3.8) is 0 Å². The van der Waals surface area contributed by atoms with Crippen LogP contribution in [0.3, 0.4) is 0 Å². The van der Waals surface area contributed by atoms with E-state index in [0.29, 0.717) is 0 Å². The number of H-pyrrole nitrogens is 1. The molecule has 0 aliphatic carbocycles. The van der Waals surface area contributed by atoms with E-state index in [4.69, 9.17) is 5.11 Å². The summed E-state index contributed by atoms with van der Waals surface area (Å²) in [6, 6.07) is -0.627. The number of carboxylic acids is 1. The third-order valence-corrected chi connectivity index (χ3v) is 4.55. The second-order valence-electron chi connectivity index (χ2n) is 4.07. The van der Waals surface area contributed by atoms with Crippen LogP contribution in [-0.4, -0.2) is 40.6 Å². The molecule has 1 aromatic rings. The fraction of sp³-hybridized carbons (Fsp3) is 0.444. The molecule has 0 unspecified atom stereocenters. The Hall–Kier alpha value is -1.90. The predicted octanol–water partition coefficient (Wildman–Crippen LogP) is -1.41. The summed E-state index contributed by atoms with van der Waals surface area (Å²) in [5.41, 5.74) is -2.38. The zero-order valence-corrected chi connectivity index (χ0v) is 9.94. The largest absolute Gasteiger partial charge is 0.477 e. The maximum Gasteiger partial charge on any atom is 0.342 e. The van der Waals surface area contributed by atoms with Gasteiger partial charge in [0, 0.05) is 6.20 Å². The van der Waals surface area contributed by atoms with Crippen LogP contribution in [0.5, 0.6) is 0 Å². The Labute approximate surface area is 101 Å². The number of hydrogen-bond donors (Lipinski definition) is 2. The van der Waals surface area contributed by atoms with Crippen LogP contribution in [0.25, 0.3) is 0 Å². The van der Waals surface area contributed by atoms with Crippen LogP contribution in [0.4, 0.5) is 0 Å². The highest BCUT2D eigenvalue weighted by Crippen LogP contribution is 2.21. The molecular formula is C9H10N2O6S. The molecule has 0 bridgehead atoms. The first-order chi connectivity index (χ1) is 8.30. The molecule has 1 saturated heterocycles.